The quantitative estimate of drug-likeness (QED) is 0.0954. The van der Waals surface area contributed by atoms with Crippen molar-refractivity contribution in [1.29, 1.82) is 0 Å². The molecule has 0 nitrogen and oxygen atoms in total. The van der Waals surface area contributed by atoms with Gasteiger partial charge in [-0.2, -0.15) is 0 Å². The van der Waals surface area contributed by atoms with E-state index in [0.29, 0.717) is 47.3 Å². The van der Waals surface area contributed by atoms with Crippen molar-refractivity contribution in [3.05, 3.63) is 142 Å². The van der Waals surface area contributed by atoms with E-state index in [2.05, 4.69) is 247 Å². The summed E-state index contributed by atoms with van der Waals surface area (Å²) in [5.74, 6) is 3.94. The second kappa shape index (κ2) is 23.7. The van der Waals surface area contributed by atoms with Crippen LogP contribution < -0.4 is 17.5 Å². The topological polar surface area (TPSA) is 0 Å². The van der Waals surface area contributed by atoms with Gasteiger partial charge in [-0.1, -0.05) is 0 Å². The molecular formula is C66H90Si2Sn2+2. The summed E-state index contributed by atoms with van der Waals surface area (Å²) in [7, 11) is -3.11. The second-order valence-electron chi connectivity index (χ2n) is 24.9. The molecule has 0 saturated heterocycles. The first-order chi connectivity index (χ1) is 32.5. The first-order valence-electron chi connectivity index (χ1n) is 26.8. The van der Waals surface area contributed by atoms with Gasteiger partial charge >= 0.3 is 462 Å². The Kier molecular flexibility index (Phi) is 19.7. The summed E-state index contributed by atoms with van der Waals surface area (Å²) >= 11 is 3.00. The molecule has 0 amide bonds. The van der Waals surface area contributed by atoms with Crippen molar-refractivity contribution >= 4 is 78.7 Å². The van der Waals surface area contributed by atoms with E-state index >= 15 is 0 Å². The van der Waals surface area contributed by atoms with Crippen LogP contribution in [-0.4, -0.2) is 61.2 Å². The monoisotopic (exact) mass is 1180 g/mol. The Bertz CT molecular complexity index is 2300. The van der Waals surface area contributed by atoms with Crippen LogP contribution in [-0.2, 0) is 0 Å². The Labute approximate surface area is 458 Å². The summed E-state index contributed by atoms with van der Waals surface area (Å²) in [5.41, 5.74) is 23.8. The predicted molar refractivity (Wildman–Crippen MR) is 324 cm³/mol. The summed E-state index contributed by atoms with van der Waals surface area (Å²) in [5, 5.41) is 3.13. The van der Waals surface area contributed by atoms with Crippen LogP contribution in [0.15, 0.2) is 97.1 Å². The molecule has 4 radical (unpaired) electrons. The van der Waals surface area contributed by atoms with E-state index in [1.54, 1.807) is 10.4 Å². The normalized spacial score (nSPS) is 12.4. The average Bonchev–Trinajstić information content (AvgIpc) is 3.27. The number of rotatable bonds is 14. The van der Waals surface area contributed by atoms with Crippen molar-refractivity contribution in [2.75, 3.05) is 0 Å². The van der Waals surface area contributed by atoms with Crippen LogP contribution in [0, 0.1) is 0 Å². The minimum absolute atomic E-state index is 0.493. The van der Waals surface area contributed by atoms with Crippen LogP contribution in [0.4, 0.5) is 0 Å². The van der Waals surface area contributed by atoms with Gasteiger partial charge in [0.2, 0.25) is 0 Å². The van der Waals surface area contributed by atoms with E-state index in [9.17, 15) is 0 Å². The van der Waals surface area contributed by atoms with Gasteiger partial charge in [0.1, 0.15) is 0 Å². The molecule has 4 heteroatoms. The van der Waals surface area contributed by atoms with Gasteiger partial charge in [0.15, 0.2) is 0 Å². The molecule has 0 bridgehead atoms. The third-order valence-corrected chi connectivity index (χ3v) is 21.7. The zero-order valence-electron chi connectivity index (χ0n) is 47.9. The van der Waals surface area contributed by atoms with Gasteiger partial charge in [-0.3, -0.25) is 0 Å². The molecular weight excluding hydrogens is 1090 g/mol. The molecule has 0 N–H and O–H groups in total. The fourth-order valence-electron chi connectivity index (χ4n) is 10.4. The predicted octanol–water partition coefficient (Wildman–Crippen LogP) is 17.7. The molecule has 0 saturated carbocycles. The van der Waals surface area contributed by atoms with E-state index in [-0.39, 0.29) is 0 Å². The maximum atomic E-state index is 2.58. The van der Waals surface area contributed by atoms with Gasteiger partial charge < -0.3 is 0 Å². The Balaban J connectivity index is 0.000000261. The Morgan fingerprint density at radius 1 is 0.271 bits per heavy atom. The first-order valence-corrected chi connectivity index (χ1v) is 36.7. The van der Waals surface area contributed by atoms with E-state index in [4.69, 9.17) is 0 Å². The van der Waals surface area contributed by atoms with E-state index in [1.807, 2.05) is 0 Å². The molecule has 6 aromatic carbocycles. The zero-order chi connectivity index (χ0) is 52.5. The van der Waals surface area contributed by atoms with Crippen LogP contribution in [0.2, 0.25) is 39.3 Å². The Morgan fingerprint density at radius 2 is 0.414 bits per heavy atom. The molecule has 0 aliphatic heterocycles. The van der Waals surface area contributed by atoms with E-state index < -0.39 is 16.1 Å². The maximum absolute atomic E-state index is 2.58. The number of benzene rings is 6. The van der Waals surface area contributed by atoms with E-state index in [1.165, 1.54) is 141 Å². The standard InChI is InChI=1S/2C33H45Si.2Sn/c2*1-21(2)28-14-12-15-29(22(3)4)32(28)25-18-26(20-27(19-25)34(9,10)11)33-30(23(5)6)16-13-17-31(33)24(7)8;;/h2*12-17,19-24H,1-11H3;;/q;;2*+1. The Morgan fingerprint density at radius 3 is 0.529 bits per heavy atom. The van der Waals surface area contributed by atoms with Crippen LogP contribution in [0.1, 0.15) is 203 Å². The molecule has 0 aliphatic carbocycles. The summed E-state index contributed by atoms with van der Waals surface area (Å²) in [6, 6.07) is 38.3. The van der Waals surface area contributed by atoms with Gasteiger partial charge in [-0.25, -0.2) is 0 Å². The number of hydrogen-bond donors (Lipinski definition) is 0. The molecule has 0 fully saturated rings. The van der Waals surface area contributed by atoms with Crippen molar-refractivity contribution in [3.8, 4) is 44.5 Å². The third kappa shape index (κ3) is 12.8. The average molecular weight is 1180 g/mol. The molecule has 6 rings (SSSR count). The van der Waals surface area contributed by atoms with Gasteiger partial charge in [-0.15, -0.1) is 0 Å². The first kappa shape index (κ1) is 58.2. The molecule has 368 valence electrons. The molecule has 0 heterocycles. The van der Waals surface area contributed by atoms with Crippen molar-refractivity contribution < 1.29 is 0 Å². The Hall–Kier alpha value is -2.65. The molecule has 0 spiro atoms. The van der Waals surface area contributed by atoms with Crippen LogP contribution in [0.25, 0.3) is 44.5 Å². The summed E-state index contributed by atoms with van der Waals surface area (Å²) in [6.45, 7) is 52.5. The number of hydrogen-bond acceptors (Lipinski definition) is 0. The fourth-order valence-corrected chi connectivity index (χ4v) is 14.9. The molecule has 0 unspecified atom stereocenters. The fraction of sp³-hybridized carbons (Fsp3) is 0.455. The van der Waals surface area contributed by atoms with Gasteiger partial charge in [0.05, 0.1) is 0 Å². The van der Waals surface area contributed by atoms with Crippen molar-refractivity contribution in [2.45, 2.75) is 197 Å². The van der Waals surface area contributed by atoms with Crippen LogP contribution in [0.5, 0.6) is 0 Å². The van der Waals surface area contributed by atoms with Gasteiger partial charge in [-0.05, 0) is 0 Å². The molecule has 0 aromatic heterocycles. The molecule has 6 aromatic rings. The van der Waals surface area contributed by atoms with Crippen molar-refractivity contribution in [3.63, 3.8) is 0 Å². The zero-order valence-corrected chi connectivity index (χ0v) is 55.6. The van der Waals surface area contributed by atoms with Crippen molar-refractivity contribution in [1.82, 2.24) is 0 Å². The summed E-state index contributed by atoms with van der Waals surface area (Å²) in [6.07, 6.45) is 0. The summed E-state index contributed by atoms with van der Waals surface area (Å²) < 4.78 is 3.04. The van der Waals surface area contributed by atoms with Crippen molar-refractivity contribution in [2.24, 2.45) is 0 Å². The molecule has 0 atom stereocenters. The third-order valence-electron chi connectivity index (χ3n) is 14.6. The van der Waals surface area contributed by atoms with Crippen LogP contribution >= 0.6 is 0 Å². The van der Waals surface area contributed by atoms with Gasteiger partial charge in [0, 0.05) is 0 Å². The molecule has 70 heavy (non-hydrogen) atoms. The van der Waals surface area contributed by atoms with E-state index in [0.717, 1.165) is 0 Å². The molecule has 0 aliphatic rings. The second-order valence-corrected chi connectivity index (χ2v) is 37.9. The minimum atomic E-state index is -1.55. The van der Waals surface area contributed by atoms with Crippen LogP contribution in [0.3, 0.4) is 0 Å². The summed E-state index contributed by atoms with van der Waals surface area (Å²) in [4.78, 5) is 0. The SMILES string of the molecule is CC(C)c1cccc(C(C)C)c1-c1cc([Si](C)(C)C)cc(-c2c(C(C)C)cccc2C(C)C)[c]1[Sn+].CC(C)c1cccc(C(C)C)c1-c1cc([Si](C)(C)C)cc(-c2c(C(C)C)cccc2C(C)C)[c]1[Sn+]. The van der Waals surface area contributed by atoms with Gasteiger partial charge in [0.25, 0.3) is 0 Å².